The largest absolute Gasteiger partial charge is 0.392 e. The van der Waals surface area contributed by atoms with Crippen molar-refractivity contribution < 1.29 is 13.9 Å². The third kappa shape index (κ3) is 5.50. The molecular weight excluding hydrogens is 242 g/mol. The minimum atomic E-state index is -0.863. The molecule has 1 aromatic carbocycles. The number of aliphatic hydroxyl groups excluding tert-OH is 1. The molecule has 0 saturated carbocycles. The highest BCUT2D eigenvalue weighted by Crippen LogP contribution is 2.24. The summed E-state index contributed by atoms with van der Waals surface area (Å²) in [5.41, 5.74) is 0.617. The standard InChI is InChI=1S/C13H18F2OS/c1-13(2,3)17-8-10(16)6-9-4-5-11(14)12(15)7-9/h4-5,7,10,16H,6,8H2,1-3H3. The van der Waals surface area contributed by atoms with Crippen molar-refractivity contribution in [3.05, 3.63) is 35.4 Å². The molecule has 96 valence electrons. The predicted octanol–water partition coefficient (Wildman–Crippen LogP) is 3.40. The summed E-state index contributed by atoms with van der Waals surface area (Å²) in [6, 6.07) is 3.73. The lowest BCUT2D eigenvalue weighted by Crippen LogP contribution is -2.19. The summed E-state index contributed by atoms with van der Waals surface area (Å²) in [5, 5.41) is 9.79. The molecule has 0 bridgehead atoms. The summed E-state index contributed by atoms with van der Waals surface area (Å²) >= 11 is 1.65. The third-order valence-corrected chi connectivity index (χ3v) is 3.58. The number of aliphatic hydroxyl groups is 1. The quantitative estimate of drug-likeness (QED) is 0.895. The number of hydrogen-bond donors (Lipinski definition) is 1. The molecule has 1 unspecified atom stereocenters. The van der Waals surface area contributed by atoms with Crippen molar-refractivity contribution in [2.75, 3.05) is 5.75 Å². The lowest BCUT2D eigenvalue weighted by molar-refractivity contribution is 0.199. The van der Waals surface area contributed by atoms with Crippen LogP contribution in [0.1, 0.15) is 26.3 Å². The van der Waals surface area contributed by atoms with Gasteiger partial charge in [-0.05, 0) is 24.1 Å². The summed E-state index contributed by atoms with van der Waals surface area (Å²) in [6.45, 7) is 6.21. The molecule has 0 amide bonds. The first-order chi connectivity index (χ1) is 7.78. The van der Waals surface area contributed by atoms with E-state index in [2.05, 4.69) is 20.8 Å². The predicted molar refractivity (Wildman–Crippen MR) is 68.3 cm³/mol. The molecule has 1 N–H and O–H groups in total. The van der Waals surface area contributed by atoms with E-state index in [0.717, 1.165) is 12.1 Å². The van der Waals surface area contributed by atoms with Crippen LogP contribution in [0.2, 0.25) is 0 Å². The van der Waals surface area contributed by atoms with E-state index < -0.39 is 17.7 Å². The zero-order chi connectivity index (χ0) is 13.1. The highest BCUT2D eigenvalue weighted by molar-refractivity contribution is 8.00. The Morgan fingerprint density at radius 3 is 2.41 bits per heavy atom. The molecule has 1 atom stereocenters. The highest BCUT2D eigenvalue weighted by atomic mass is 32.2. The van der Waals surface area contributed by atoms with Crippen molar-refractivity contribution in [3.63, 3.8) is 0 Å². The van der Waals surface area contributed by atoms with Crippen LogP contribution >= 0.6 is 11.8 Å². The van der Waals surface area contributed by atoms with Crippen LogP contribution in [-0.4, -0.2) is 21.7 Å². The third-order valence-electron chi connectivity index (χ3n) is 2.16. The topological polar surface area (TPSA) is 20.2 Å². The first kappa shape index (κ1) is 14.5. The Morgan fingerprint density at radius 2 is 1.88 bits per heavy atom. The Kier molecular flexibility index (Phi) is 4.95. The molecule has 0 radical (unpaired) electrons. The van der Waals surface area contributed by atoms with Crippen molar-refractivity contribution in [1.29, 1.82) is 0 Å². The summed E-state index contributed by atoms with van der Waals surface area (Å²) in [7, 11) is 0. The van der Waals surface area contributed by atoms with E-state index in [0.29, 0.717) is 17.7 Å². The molecule has 1 rings (SSSR count). The first-order valence-corrected chi connectivity index (χ1v) is 6.52. The molecule has 4 heteroatoms. The maximum Gasteiger partial charge on any atom is 0.159 e. The fourth-order valence-corrected chi connectivity index (χ4v) is 2.15. The maximum absolute atomic E-state index is 12.9. The molecule has 0 aliphatic heterocycles. The molecule has 0 fully saturated rings. The van der Waals surface area contributed by atoms with E-state index in [9.17, 15) is 13.9 Å². The van der Waals surface area contributed by atoms with E-state index in [1.165, 1.54) is 6.07 Å². The average Bonchev–Trinajstić information content (AvgIpc) is 2.20. The molecule has 0 aromatic heterocycles. The van der Waals surface area contributed by atoms with Gasteiger partial charge >= 0.3 is 0 Å². The Balaban J connectivity index is 2.50. The van der Waals surface area contributed by atoms with Gasteiger partial charge in [0.2, 0.25) is 0 Å². The zero-order valence-electron chi connectivity index (χ0n) is 10.3. The van der Waals surface area contributed by atoms with Gasteiger partial charge in [0.1, 0.15) is 0 Å². The van der Waals surface area contributed by atoms with Crippen LogP contribution in [0.5, 0.6) is 0 Å². The van der Waals surface area contributed by atoms with Crippen molar-refractivity contribution in [2.24, 2.45) is 0 Å². The number of hydrogen-bond acceptors (Lipinski definition) is 2. The molecule has 0 heterocycles. The number of thioether (sulfide) groups is 1. The molecule has 0 aliphatic carbocycles. The fraction of sp³-hybridized carbons (Fsp3) is 0.538. The van der Waals surface area contributed by atoms with Crippen LogP contribution < -0.4 is 0 Å². The minimum Gasteiger partial charge on any atom is -0.392 e. The normalized spacial score (nSPS) is 13.8. The first-order valence-electron chi connectivity index (χ1n) is 5.54. The van der Waals surface area contributed by atoms with E-state index in [1.54, 1.807) is 11.8 Å². The van der Waals surface area contributed by atoms with Crippen LogP contribution in [-0.2, 0) is 6.42 Å². The van der Waals surface area contributed by atoms with Crippen LogP contribution in [0.4, 0.5) is 8.78 Å². The number of halogens is 2. The van der Waals surface area contributed by atoms with Gasteiger partial charge in [-0.3, -0.25) is 0 Å². The van der Waals surface area contributed by atoms with Crippen LogP contribution in [0, 0.1) is 11.6 Å². The summed E-state index contributed by atoms with van der Waals surface area (Å²) < 4.78 is 25.7. The Hall–Kier alpha value is -0.610. The molecular formula is C13H18F2OS. The molecule has 1 aromatic rings. The highest BCUT2D eigenvalue weighted by Gasteiger charge is 2.14. The number of benzene rings is 1. The van der Waals surface area contributed by atoms with Crippen LogP contribution in [0.3, 0.4) is 0 Å². The van der Waals surface area contributed by atoms with Gasteiger partial charge in [-0.15, -0.1) is 0 Å². The Bertz CT molecular complexity index is 374. The molecule has 0 spiro atoms. The summed E-state index contributed by atoms with van der Waals surface area (Å²) in [6.07, 6.45) is -0.190. The summed E-state index contributed by atoms with van der Waals surface area (Å²) in [4.78, 5) is 0. The van der Waals surface area contributed by atoms with Crippen molar-refractivity contribution >= 4 is 11.8 Å². The van der Waals surface area contributed by atoms with Gasteiger partial charge in [0, 0.05) is 10.5 Å². The van der Waals surface area contributed by atoms with E-state index in [1.807, 2.05) is 0 Å². The second-order valence-electron chi connectivity index (χ2n) is 5.03. The SMILES string of the molecule is CC(C)(C)SCC(O)Cc1ccc(F)c(F)c1. The van der Waals surface area contributed by atoms with E-state index >= 15 is 0 Å². The summed E-state index contributed by atoms with van der Waals surface area (Å²) in [5.74, 6) is -1.13. The van der Waals surface area contributed by atoms with Crippen LogP contribution in [0.15, 0.2) is 18.2 Å². The molecule has 0 saturated heterocycles. The van der Waals surface area contributed by atoms with Crippen molar-refractivity contribution in [1.82, 2.24) is 0 Å². The maximum atomic E-state index is 12.9. The molecule has 17 heavy (non-hydrogen) atoms. The van der Waals surface area contributed by atoms with Crippen molar-refractivity contribution in [2.45, 2.75) is 38.0 Å². The van der Waals surface area contributed by atoms with E-state index in [4.69, 9.17) is 0 Å². The average molecular weight is 260 g/mol. The molecule has 1 nitrogen and oxygen atoms in total. The lowest BCUT2D eigenvalue weighted by Gasteiger charge is -2.20. The lowest BCUT2D eigenvalue weighted by atomic mass is 10.1. The van der Waals surface area contributed by atoms with Gasteiger partial charge in [0.15, 0.2) is 11.6 Å². The van der Waals surface area contributed by atoms with E-state index in [-0.39, 0.29) is 4.75 Å². The van der Waals surface area contributed by atoms with Crippen LogP contribution in [0.25, 0.3) is 0 Å². The zero-order valence-corrected chi connectivity index (χ0v) is 11.2. The monoisotopic (exact) mass is 260 g/mol. The second kappa shape index (κ2) is 5.83. The molecule has 0 aliphatic rings. The Labute approximate surface area is 105 Å². The minimum absolute atomic E-state index is 0.0923. The second-order valence-corrected chi connectivity index (χ2v) is 6.88. The van der Waals surface area contributed by atoms with Gasteiger partial charge in [-0.2, -0.15) is 11.8 Å². The smallest absolute Gasteiger partial charge is 0.159 e. The fourth-order valence-electron chi connectivity index (χ4n) is 1.34. The number of rotatable bonds is 4. The van der Waals surface area contributed by atoms with Gasteiger partial charge in [-0.1, -0.05) is 26.8 Å². The Morgan fingerprint density at radius 1 is 1.24 bits per heavy atom. The van der Waals surface area contributed by atoms with Gasteiger partial charge in [0.05, 0.1) is 6.10 Å². The van der Waals surface area contributed by atoms with Gasteiger partial charge < -0.3 is 5.11 Å². The van der Waals surface area contributed by atoms with Gasteiger partial charge in [0.25, 0.3) is 0 Å². The van der Waals surface area contributed by atoms with Gasteiger partial charge in [-0.25, -0.2) is 8.78 Å². The van der Waals surface area contributed by atoms with Crippen molar-refractivity contribution in [3.8, 4) is 0 Å².